The maximum absolute atomic E-state index is 6.17. The number of imidazole rings is 1. The van der Waals surface area contributed by atoms with Gasteiger partial charge in [-0.3, -0.25) is 9.25 Å². The fourth-order valence-corrected chi connectivity index (χ4v) is 2.80. The van der Waals surface area contributed by atoms with E-state index < -0.39 is 0 Å². The SMILES string of the molecule is CCCc1nn(C)c2c1nc(N)n2-c1cn(C)nc1CC. The first kappa shape index (κ1) is 13.7. The van der Waals surface area contributed by atoms with Crippen LogP contribution in [0.2, 0.25) is 0 Å². The Morgan fingerprint density at radius 1 is 1.14 bits per heavy atom. The van der Waals surface area contributed by atoms with E-state index in [4.69, 9.17) is 5.73 Å². The molecule has 3 aromatic rings. The molecule has 3 aromatic heterocycles. The number of rotatable bonds is 4. The van der Waals surface area contributed by atoms with Gasteiger partial charge in [0, 0.05) is 20.3 Å². The molecule has 0 aliphatic carbocycles. The lowest BCUT2D eigenvalue weighted by molar-refractivity contribution is 0.737. The standard InChI is InChI=1S/C14H21N7/c1-5-7-10-12-13(20(4)18-10)21(14(15)16-12)11-8-19(3)17-9(11)6-2/h8H,5-7H2,1-4H3,(H2,15,16). The van der Waals surface area contributed by atoms with E-state index >= 15 is 0 Å². The number of aromatic nitrogens is 6. The highest BCUT2D eigenvalue weighted by Crippen LogP contribution is 2.27. The molecule has 0 aliphatic heterocycles. The molecule has 0 aliphatic rings. The van der Waals surface area contributed by atoms with E-state index in [1.807, 2.05) is 34.2 Å². The van der Waals surface area contributed by atoms with Crippen LogP contribution in [0.4, 0.5) is 5.95 Å². The summed E-state index contributed by atoms with van der Waals surface area (Å²) in [4.78, 5) is 4.53. The van der Waals surface area contributed by atoms with E-state index in [0.29, 0.717) is 5.95 Å². The maximum atomic E-state index is 6.17. The Balaban J connectivity index is 2.29. The van der Waals surface area contributed by atoms with Gasteiger partial charge in [-0.2, -0.15) is 10.2 Å². The Hall–Kier alpha value is -2.31. The number of anilines is 1. The van der Waals surface area contributed by atoms with Crippen LogP contribution >= 0.6 is 0 Å². The Labute approximate surface area is 123 Å². The minimum Gasteiger partial charge on any atom is -0.369 e. The van der Waals surface area contributed by atoms with Crippen molar-refractivity contribution in [1.82, 2.24) is 29.1 Å². The van der Waals surface area contributed by atoms with Gasteiger partial charge >= 0.3 is 0 Å². The van der Waals surface area contributed by atoms with Crippen molar-refractivity contribution in [2.45, 2.75) is 33.1 Å². The second-order valence-corrected chi connectivity index (χ2v) is 5.29. The van der Waals surface area contributed by atoms with Crippen molar-refractivity contribution in [2.24, 2.45) is 14.1 Å². The Morgan fingerprint density at radius 2 is 1.90 bits per heavy atom. The lowest BCUT2D eigenvalue weighted by Gasteiger charge is -2.05. The summed E-state index contributed by atoms with van der Waals surface area (Å²) >= 11 is 0. The maximum Gasteiger partial charge on any atom is 0.207 e. The summed E-state index contributed by atoms with van der Waals surface area (Å²) in [6.45, 7) is 4.22. The topological polar surface area (TPSA) is 79.5 Å². The third-order valence-electron chi connectivity index (χ3n) is 3.68. The lowest BCUT2D eigenvalue weighted by Crippen LogP contribution is -2.06. The predicted molar refractivity (Wildman–Crippen MR) is 82.4 cm³/mol. The van der Waals surface area contributed by atoms with Crippen LogP contribution in [0, 0.1) is 0 Å². The van der Waals surface area contributed by atoms with Crippen LogP contribution in [-0.4, -0.2) is 29.1 Å². The molecular formula is C14H21N7. The minimum absolute atomic E-state index is 0.484. The second-order valence-electron chi connectivity index (χ2n) is 5.29. The van der Waals surface area contributed by atoms with E-state index in [1.165, 1.54) is 0 Å². The van der Waals surface area contributed by atoms with Crippen molar-refractivity contribution in [3.8, 4) is 5.69 Å². The number of nitrogens with zero attached hydrogens (tertiary/aromatic N) is 6. The number of nitrogens with two attached hydrogens (primary N) is 1. The van der Waals surface area contributed by atoms with Crippen molar-refractivity contribution in [2.75, 3.05) is 5.73 Å². The molecule has 0 radical (unpaired) electrons. The molecule has 0 bridgehead atoms. The van der Waals surface area contributed by atoms with Crippen LogP contribution in [0.15, 0.2) is 6.20 Å². The van der Waals surface area contributed by atoms with Crippen molar-refractivity contribution in [3.05, 3.63) is 17.6 Å². The molecule has 3 rings (SSSR count). The van der Waals surface area contributed by atoms with Crippen molar-refractivity contribution < 1.29 is 0 Å². The first-order valence-corrected chi connectivity index (χ1v) is 7.29. The molecule has 0 spiro atoms. The fraction of sp³-hybridized carbons (Fsp3) is 0.500. The third-order valence-corrected chi connectivity index (χ3v) is 3.68. The summed E-state index contributed by atoms with van der Waals surface area (Å²) < 4.78 is 5.62. The second kappa shape index (κ2) is 4.91. The van der Waals surface area contributed by atoms with Crippen molar-refractivity contribution >= 4 is 17.1 Å². The van der Waals surface area contributed by atoms with Gasteiger partial charge in [0.1, 0.15) is 5.52 Å². The van der Waals surface area contributed by atoms with Crippen LogP contribution in [0.5, 0.6) is 0 Å². The van der Waals surface area contributed by atoms with Crippen LogP contribution in [0.25, 0.3) is 16.9 Å². The Kier molecular flexibility index (Phi) is 3.19. The van der Waals surface area contributed by atoms with Gasteiger partial charge in [-0.25, -0.2) is 9.67 Å². The summed E-state index contributed by atoms with van der Waals surface area (Å²) in [5.74, 6) is 0.484. The van der Waals surface area contributed by atoms with Crippen LogP contribution < -0.4 is 5.73 Å². The summed E-state index contributed by atoms with van der Waals surface area (Å²) in [5.41, 5.74) is 11.0. The largest absolute Gasteiger partial charge is 0.369 e. The van der Waals surface area contributed by atoms with E-state index in [9.17, 15) is 0 Å². The highest BCUT2D eigenvalue weighted by Gasteiger charge is 2.21. The van der Waals surface area contributed by atoms with E-state index in [0.717, 1.165) is 47.5 Å². The fourth-order valence-electron chi connectivity index (χ4n) is 2.80. The average molecular weight is 287 g/mol. The molecule has 0 fully saturated rings. The molecule has 0 saturated carbocycles. The molecule has 0 aromatic carbocycles. The monoisotopic (exact) mass is 287 g/mol. The van der Waals surface area contributed by atoms with Crippen molar-refractivity contribution in [3.63, 3.8) is 0 Å². The van der Waals surface area contributed by atoms with Crippen molar-refractivity contribution in [1.29, 1.82) is 0 Å². The van der Waals surface area contributed by atoms with E-state index in [-0.39, 0.29) is 0 Å². The van der Waals surface area contributed by atoms with Gasteiger partial charge in [-0.05, 0) is 12.8 Å². The first-order valence-electron chi connectivity index (χ1n) is 7.29. The van der Waals surface area contributed by atoms with Gasteiger partial charge in [0.15, 0.2) is 5.65 Å². The molecular weight excluding hydrogens is 266 g/mol. The van der Waals surface area contributed by atoms with Gasteiger partial charge in [-0.15, -0.1) is 0 Å². The average Bonchev–Trinajstić information content (AvgIpc) is 3.05. The zero-order chi connectivity index (χ0) is 15.1. The zero-order valence-corrected chi connectivity index (χ0v) is 13.0. The molecule has 0 amide bonds. The number of hydrogen-bond donors (Lipinski definition) is 1. The number of nitrogen functional groups attached to an aromatic ring is 1. The number of fused-ring (bicyclic) bond motifs is 1. The summed E-state index contributed by atoms with van der Waals surface area (Å²) in [7, 11) is 3.85. The zero-order valence-electron chi connectivity index (χ0n) is 13.0. The summed E-state index contributed by atoms with van der Waals surface area (Å²) in [6, 6.07) is 0. The molecule has 21 heavy (non-hydrogen) atoms. The van der Waals surface area contributed by atoms with Gasteiger partial charge in [-0.1, -0.05) is 20.3 Å². The Bertz CT molecular complexity index is 790. The first-order chi connectivity index (χ1) is 10.1. The highest BCUT2D eigenvalue weighted by atomic mass is 15.4. The normalized spacial score (nSPS) is 11.6. The molecule has 7 heteroatoms. The number of hydrogen-bond acceptors (Lipinski definition) is 4. The van der Waals surface area contributed by atoms with Gasteiger partial charge < -0.3 is 5.73 Å². The predicted octanol–water partition coefficient (Wildman–Crippen LogP) is 1.59. The summed E-state index contributed by atoms with van der Waals surface area (Å²) in [6.07, 6.45) is 4.76. The highest BCUT2D eigenvalue weighted by molar-refractivity contribution is 5.80. The Morgan fingerprint density at radius 3 is 2.57 bits per heavy atom. The third kappa shape index (κ3) is 2.00. The molecule has 0 unspecified atom stereocenters. The molecule has 3 heterocycles. The number of aryl methyl sites for hydroxylation is 4. The van der Waals surface area contributed by atoms with E-state index in [2.05, 4.69) is 29.0 Å². The van der Waals surface area contributed by atoms with Crippen LogP contribution in [0.1, 0.15) is 31.7 Å². The smallest absolute Gasteiger partial charge is 0.207 e. The van der Waals surface area contributed by atoms with Gasteiger partial charge in [0.2, 0.25) is 5.95 Å². The van der Waals surface area contributed by atoms with E-state index in [1.54, 1.807) is 0 Å². The molecule has 112 valence electrons. The lowest BCUT2D eigenvalue weighted by atomic mass is 10.2. The molecule has 2 N–H and O–H groups in total. The molecule has 7 nitrogen and oxygen atoms in total. The van der Waals surface area contributed by atoms with Gasteiger partial charge in [0.05, 0.1) is 17.1 Å². The molecule has 0 atom stereocenters. The van der Waals surface area contributed by atoms with Gasteiger partial charge in [0.25, 0.3) is 0 Å². The minimum atomic E-state index is 0.484. The molecule has 0 saturated heterocycles. The van der Waals surface area contributed by atoms with Crippen LogP contribution in [-0.2, 0) is 26.9 Å². The quantitative estimate of drug-likeness (QED) is 0.790. The van der Waals surface area contributed by atoms with Crippen LogP contribution in [0.3, 0.4) is 0 Å². The summed E-state index contributed by atoms with van der Waals surface area (Å²) in [5, 5.41) is 9.07.